The smallest absolute Gasteiger partial charge is 0.227 e. The number of hydrogen-bond donors (Lipinski definition) is 3. The zero-order chi connectivity index (χ0) is 17.8. The summed E-state index contributed by atoms with van der Waals surface area (Å²) >= 11 is 0. The molecule has 0 heterocycles. The van der Waals surface area contributed by atoms with Gasteiger partial charge in [-0.3, -0.25) is 9.79 Å². The molecule has 0 saturated heterocycles. The molecule has 1 aliphatic rings. The summed E-state index contributed by atoms with van der Waals surface area (Å²) in [6, 6.07) is 0. The van der Waals surface area contributed by atoms with Crippen LogP contribution in [0.1, 0.15) is 59.3 Å². The second-order valence-corrected chi connectivity index (χ2v) is 7.07. The van der Waals surface area contributed by atoms with E-state index in [0.717, 1.165) is 32.1 Å². The molecule has 1 aliphatic carbocycles. The summed E-state index contributed by atoms with van der Waals surface area (Å²) in [5, 5.41) is 9.22. The Bertz CT molecular complexity index is 397. The van der Waals surface area contributed by atoms with Gasteiger partial charge >= 0.3 is 0 Å². The van der Waals surface area contributed by atoms with Crippen LogP contribution in [-0.4, -0.2) is 51.3 Å². The number of amides is 1. The Balaban J connectivity index is 0.00000576. The van der Waals surface area contributed by atoms with E-state index in [1.807, 2.05) is 20.8 Å². The average molecular weight is 468 g/mol. The highest BCUT2D eigenvalue weighted by Gasteiger charge is 2.26. The second kappa shape index (κ2) is 13.6. The Morgan fingerprint density at radius 1 is 1.20 bits per heavy atom. The highest BCUT2D eigenvalue weighted by molar-refractivity contribution is 14.0. The van der Waals surface area contributed by atoms with Gasteiger partial charge in [-0.25, -0.2) is 0 Å². The molecule has 0 aliphatic heterocycles. The molecule has 1 saturated carbocycles. The third-order valence-corrected chi connectivity index (χ3v) is 4.34. The number of hydrogen-bond acceptors (Lipinski definition) is 3. The summed E-state index contributed by atoms with van der Waals surface area (Å²) in [4.78, 5) is 16.4. The fraction of sp³-hybridized carbons (Fsp3) is 0.889. The van der Waals surface area contributed by atoms with E-state index in [4.69, 9.17) is 4.74 Å². The van der Waals surface area contributed by atoms with E-state index in [1.165, 1.54) is 32.1 Å². The maximum absolute atomic E-state index is 11.8. The van der Waals surface area contributed by atoms with Crippen molar-refractivity contribution in [2.75, 3.05) is 33.3 Å². The summed E-state index contributed by atoms with van der Waals surface area (Å²) in [7, 11) is 1.66. The van der Waals surface area contributed by atoms with Crippen LogP contribution in [0.3, 0.4) is 0 Å². The van der Waals surface area contributed by atoms with Gasteiger partial charge in [0.25, 0.3) is 0 Å². The van der Waals surface area contributed by atoms with Gasteiger partial charge in [-0.2, -0.15) is 0 Å². The van der Waals surface area contributed by atoms with E-state index < -0.39 is 5.41 Å². The lowest BCUT2D eigenvalue weighted by atomic mass is 9.93. The van der Waals surface area contributed by atoms with E-state index >= 15 is 0 Å². The van der Waals surface area contributed by atoms with Gasteiger partial charge in [0.15, 0.2) is 5.96 Å². The number of ether oxygens (including phenoxy) is 1. The predicted molar refractivity (Wildman–Crippen MR) is 115 cm³/mol. The minimum Gasteiger partial charge on any atom is -0.378 e. The van der Waals surface area contributed by atoms with Crippen molar-refractivity contribution in [3.8, 4) is 0 Å². The van der Waals surface area contributed by atoms with Crippen molar-refractivity contribution < 1.29 is 9.53 Å². The first-order valence-corrected chi connectivity index (χ1v) is 9.35. The van der Waals surface area contributed by atoms with E-state index in [2.05, 4.69) is 20.9 Å². The van der Waals surface area contributed by atoms with Gasteiger partial charge in [-0.05, 0) is 40.0 Å². The van der Waals surface area contributed by atoms with Crippen LogP contribution in [0.5, 0.6) is 0 Å². The second-order valence-electron chi connectivity index (χ2n) is 7.07. The lowest BCUT2D eigenvalue weighted by molar-refractivity contribution is -0.128. The molecule has 1 fully saturated rings. The molecule has 148 valence electrons. The van der Waals surface area contributed by atoms with Crippen molar-refractivity contribution in [1.82, 2.24) is 16.0 Å². The normalized spacial score (nSPS) is 16.1. The van der Waals surface area contributed by atoms with Crippen LogP contribution in [0, 0.1) is 5.41 Å². The molecule has 0 unspecified atom stereocenters. The monoisotopic (exact) mass is 468 g/mol. The largest absolute Gasteiger partial charge is 0.378 e. The van der Waals surface area contributed by atoms with Crippen molar-refractivity contribution in [3.05, 3.63) is 0 Å². The molecule has 0 aromatic carbocycles. The fourth-order valence-electron chi connectivity index (χ4n) is 2.79. The number of guanidine groups is 1. The molecule has 0 radical (unpaired) electrons. The summed E-state index contributed by atoms with van der Waals surface area (Å²) in [5.74, 6) is 0.759. The summed E-state index contributed by atoms with van der Waals surface area (Å²) < 4.78 is 5.93. The van der Waals surface area contributed by atoms with Gasteiger partial charge in [0.05, 0.1) is 18.1 Å². The van der Waals surface area contributed by atoms with Crippen molar-refractivity contribution in [2.45, 2.75) is 65.4 Å². The van der Waals surface area contributed by atoms with Crippen LogP contribution >= 0.6 is 24.0 Å². The third-order valence-electron chi connectivity index (χ3n) is 4.34. The van der Waals surface area contributed by atoms with Gasteiger partial charge in [0, 0.05) is 26.7 Å². The van der Waals surface area contributed by atoms with Gasteiger partial charge in [-0.15, -0.1) is 24.0 Å². The molecule has 0 spiro atoms. The first-order chi connectivity index (χ1) is 11.5. The zero-order valence-corrected chi connectivity index (χ0v) is 18.7. The number of carbonyl (C=O) groups excluding carboxylic acids is 1. The Morgan fingerprint density at radius 2 is 1.88 bits per heavy atom. The van der Waals surface area contributed by atoms with Crippen LogP contribution in [0.2, 0.25) is 0 Å². The number of aliphatic imine (C=N–C) groups is 1. The SMILES string of the molecule is CCNC(=NCC(C)(C)C(=O)NC)NCCCOC1CCCCC1.I. The lowest BCUT2D eigenvalue weighted by Crippen LogP contribution is -2.41. The molecule has 0 bridgehead atoms. The summed E-state index contributed by atoms with van der Waals surface area (Å²) in [6.45, 7) is 8.69. The summed E-state index contributed by atoms with van der Waals surface area (Å²) in [6.07, 6.45) is 7.82. The molecule has 1 amide bonds. The molecule has 0 aromatic rings. The third kappa shape index (κ3) is 10.2. The average Bonchev–Trinajstić information content (AvgIpc) is 2.59. The van der Waals surface area contributed by atoms with E-state index in [0.29, 0.717) is 12.6 Å². The zero-order valence-electron chi connectivity index (χ0n) is 16.3. The van der Waals surface area contributed by atoms with Crippen LogP contribution in [0.15, 0.2) is 4.99 Å². The van der Waals surface area contributed by atoms with Crippen LogP contribution < -0.4 is 16.0 Å². The highest BCUT2D eigenvalue weighted by Crippen LogP contribution is 2.20. The molecular formula is C18H37IN4O2. The Hall–Kier alpha value is -0.570. The quantitative estimate of drug-likeness (QED) is 0.211. The molecule has 0 aromatic heterocycles. The highest BCUT2D eigenvalue weighted by atomic mass is 127. The summed E-state index contributed by atoms with van der Waals surface area (Å²) in [5.41, 5.74) is -0.513. The predicted octanol–water partition coefficient (Wildman–Crippen LogP) is 2.67. The van der Waals surface area contributed by atoms with Crippen molar-refractivity contribution in [2.24, 2.45) is 10.4 Å². The lowest BCUT2D eigenvalue weighted by Gasteiger charge is -2.22. The minimum atomic E-state index is -0.513. The number of carbonyl (C=O) groups is 1. The molecule has 0 atom stereocenters. The van der Waals surface area contributed by atoms with Crippen LogP contribution in [0.4, 0.5) is 0 Å². The molecule has 6 nitrogen and oxygen atoms in total. The molecule has 3 N–H and O–H groups in total. The van der Waals surface area contributed by atoms with E-state index in [1.54, 1.807) is 7.05 Å². The number of nitrogens with one attached hydrogen (secondary N) is 3. The van der Waals surface area contributed by atoms with Crippen molar-refractivity contribution >= 4 is 35.8 Å². The molecular weight excluding hydrogens is 431 g/mol. The molecule has 1 rings (SSSR count). The van der Waals surface area contributed by atoms with Gasteiger partial charge in [-0.1, -0.05) is 19.3 Å². The first-order valence-electron chi connectivity index (χ1n) is 9.35. The first kappa shape index (κ1) is 24.4. The Labute approximate surface area is 170 Å². The Morgan fingerprint density at radius 3 is 2.48 bits per heavy atom. The number of halogens is 1. The molecule has 25 heavy (non-hydrogen) atoms. The molecule has 7 heteroatoms. The fourth-order valence-corrected chi connectivity index (χ4v) is 2.79. The van der Waals surface area contributed by atoms with Crippen molar-refractivity contribution in [1.29, 1.82) is 0 Å². The number of nitrogens with zero attached hydrogens (tertiary/aromatic N) is 1. The topological polar surface area (TPSA) is 74.8 Å². The van der Waals surface area contributed by atoms with Gasteiger partial charge in [0.2, 0.25) is 5.91 Å². The number of rotatable bonds is 9. The van der Waals surface area contributed by atoms with Crippen LogP contribution in [0.25, 0.3) is 0 Å². The maximum atomic E-state index is 11.8. The Kier molecular flexibility index (Phi) is 13.3. The van der Waals surface area contributed by atoms with E-state index in [-0.39, 0.29) is 29.9 Å². The van der Waals surface area contributed by atoms with Crippen molar-refractivity contribution in [3.63, 3.8) is 0 Å². The maximum Gasteiger partial charge on any atom is 0.227 e. The minimum absolute atomic E-state index is 0. The van der Waals surface area contributed by atoms with E-state index in [9.17, 15) is 4.79 Å². The van der Waals surface area contributed by atoms with Gasteiger partial charge in [0.1, 0.15) is 0 Å². The standard InChI is InChI=1S/C18H36N4O2.HI/c1-5-20-17(22-14-18(2,3)16(23)19-4)21-12-9-13-24-15-10-7-6-8-11-15;/h15H,5-14H2,1-4H3,(H,19,23)(H2,20,21,22);1H. The van der Waals surface area contributed by atoms with Gasteiger partial charge < -0.3 is 20.7 Å². The van der Waals surface area contributed by atoms with Crippen LogP contribution in [-0.2, 0) is 9.53 Å².